The molecule has 5 nitrogen and oxygen atoms in total. The molecule has 2 aromatic carbocycles. The Hall–Kier alpha value is -2.66. The maximum atomic E-state index is 12.7. The molecular formula is C15H13N3O2. The molecule has 5 heteroatoms. The highest BCUT2D eigenvalue weighted by Crippen LogP contribution is 2.34. The smallest absolute Gasteiger partial charge is 0.198 e. The molecular weight excluding hydrogens is 254 g/mol. The lowest BCUT2D eigenvalue weighted by Gasteiger charge is -2.21. The van der Waals surface area contributed by atoms with Crippen molar-refractivity contribution >= 4 is 22.9 Å². The summed E-state index contributed by atoms with van der Waals surface area (Å²) >= 11 is 0. The summed E-state index contributed by atoms with van der Waals surface area (Å²) < 4.78 is 0. The Balaban J connectivity index is 2.34. The van der Waals surface area contributed by atoms with Crippen LogP contribution in [0.3, 0.4) is 0 Å². The van der Waals surface area contributed by atoms with Gasteiger partial charge in [-0.1, -0.05) is 24.3 Å². The predicted octanol–water partition coefficient (Wildman–Crippen LogP) is 1.79. The molecule has 0 aliphatic heterocycles. The van der Waals surface area contributed by atoms with Crippen molar-refractivity contribution in [3.8, 4) is 0 Å². The Bertz CT molecular complexity index is 678. The number of hydrazine groups is 1. The SMILES string of the molecule is CNc1cccc2c1C(=O)c1c(NN)cccc1C2=O. The average Bonchev–Trinajstić information content (AvgIpc) is 2.50. The average molecular weight is 267 g/mol. The molecule has 0 saturated carbocycles. The molecule has 3 rings (SSSR count). The van der Waals surface area contributed by atoms with Crippen molar-refractivity contribution in [3.63, 3.8) is 0 Å². The molecule has 0 fully saturated rings. The van der Waals surface area contributed by atoms with Crippen LogP contribution in [-0.4, -0.2) is 18.6 Å². The van der Waals surface area contributed by atoms with Gasteiger partial charge in [0.2, 0.25) is 0 Å². The molecule has 100 valence electrons. The van der Waals surface area contributed by atoms with Gasteiger partial charge in [-0.3, -0.25) is 15.4 Å². The van der Waals surface area contributed by atoms with Crippen LogP contribution in [0.25, 0.3) is 0 Å². The van der Waals surface area contributed by atoms with E-state index in [0.717, 1.165) is 0 Å². The minimum Gasteiger partial charge on any atom is -0.388 e. The van der Waals surface area contributed by atoms with E-state index < -0.39 is 0 Å². The molecule has 0 aromatic heterocycles. The van der Waals surface area contributed by atoms with Crippen LogP contribution in [0.15, 0.2) is 36.4 Å². The second kappa shape index (κ2) is 4.47. The van der Waals surface area contributed by atoms with Crippen LogP contribution in [0.2, 0.25) is 0 Å². The van der Waals surface area contributed by atoms with E-state index in [2.05, 4.69) is 10.7 Å². The van der Waals surface area contributed by atoms with Crippen molar-refractivity contribution < 1.29 is 9.59 Å². The van der Waals surface area contributed by atoms with Gasteiger partial charge in [-0.05, 0) is 12.1 Å². The maximum Gasteiger partial charge on any atom is 0.198 e. The van der Waals surface area contributed by atoms with Gasteiger partial charge < -0.3 is 10.7 Å². The number of ketones is 2. The number of nitrogens with one attached hydrogen (secondary N) is 2. The second-order valence-corrected chi connectivity index (χ2v) is 4.51. The topological polar surface area (TPSA) is 84.2 Å². The van der Waals surface area contributed by atoms with Gasteiger partial charge >= 0.3 is 0 Å². The van der Waals surface area contributed by atoms with Crippen molar-refractivity contribution in [1.29, 1.82) is 0 Å². The summed E-state index contributed by atoms with van der Waals surface area (Å²) in [5, 5.41) is 2.95. The Kier molecular flexibility index (Phi) is 2.76. The van der Waals surface area contributed by atoms with E-state index in [1.54, 1.807) is 43.4 Å². The molecule has 0 spiro atoms. The number of anilines is 2. The van der Waals surface area contributed by atoms with Crippen molar-refractivity contribution in [3.05, 3.63) is 58.7 Å². The number of hydrogen-bond donors (Lipinski definition) is 3. The lowest BCUT2D eigenvalue weighted by molar-refractivity contribution is 0.0980. The number of benzene rings is 2. The largest absolute Gasteiger partial charge is 0.388 e. The molecule has 2 aromatic rings. The minimum atomic E-state index is -0.201. The normalized spacial score (nSPS) is 12.7. The van der Waals surface area contributed by atoms with E-state index in [9.17, 15) is 9.59 Å². The molecule has 20 heavy (non-hydrogen) atoms. The maximum absolute atomic E-state index is 12.7. The van der Waals surface area contributed by atoms with Gasteiger partial charge in [0, 0.05) is 23.9 Å². The van der Waals surface area contributed by atoms with Crippen LogP contribution in [0.1, 0.15) is 31.8 Å². The van der Waals surface area contributed by atoms with Gasteiger partial charge in [0.1, 0.15) is 0 Å². The van der Waals surface area contributed by atoms with Crippen LogP contribution in [0, 0.1) is 0 Å². The van der Waals surface area contributed by atoms with Crippen molar-refractivity contribution in [2.45, 2.75) is 0 Å². The molecule has 4 N–H and O–H groups in total. The van der Waals surface area contributed by atoms with E-state index >= 15 is 0 Å². The number of rotatable bonds is 2. The zero-order valence-corrected chi connectivity index (χ0v) is 10.9. The summed E-state index contributed by atoms with van der Waals surface area (Å²) in [4.78, 5) is 25.3. The van der Waals surface area contributed by atoms with Crippen molar-refractivity contribution in [2.24, 2.45) is 5.84 Å². The highest BCUT2D eigenvalue weighted by molar-refractivity contribution is 6.31. The fraction of sp³-hybridized carbons (Fsp3) is 0.0667. The van der Waals surface area contributed by atoms with Crippen LogP contribution >= 0.6 is 0 Å². The number of nitrogens with two attached hydrogens (primary N) is 1. The third-order valence-corrected chi connectivity index (χ3v) is 3.50. The van der Waals surface area contributed by atoms with Gasteiger partial charge in [0.15, 0.2) is 11.6 Å². The first-order valence-electron chi connectivity index (χ1n) is 6.18. The number of hydrogen-bond acceptors (Lipinski definition) is 5. The van der Waals surface area contributed by atoms with Gasteiger partial charge in [0.05, 0.1) is 16.8 Å². The summed E-state index contributed by atoms with van der Waals surface area (Å²) in [5.41, 5.74) is 5.10. The van der Waals surface area contributed by atoms with Gasteiger partial charge in [-0.2, -0.15) is 0 Å². The fourth-order valence-corrected chi connectivity index (χ4v) is 2.57. The molecule has 1 aliphatic carbocycles. The third-order valence-electron chi connectivity index (χ3n) is 3.50. The highest BCUT2D eigenvalue weighted by Gasteiger charge is 2.33. The fourth-order valence-electron chi connectivity index (χ4n) is 2.57. The monoisotopic (exact) mass is 267 g/mol. The second-order valence-electron chi connectivity index (χ2n) is 4.51. The summed E-state index contributed by atoms with van der Waals surface area (Å²) in [6.07, 6.45) is 0. The molecule has 1 aliphatic rings. The number of fused-ring (bicyclic) bond motifs is 2. The predicted molar refractivity (Wildman–Crippen MR) is 77.1 cm³/mol. The highest BCUT2D eigenvalue weighted by atomic mass is 16.1. The zero-order valence-electron chi connectivity index (χ0n) is 10.9. The van der Waals surface area contributed by atoms with Crippen molar-refractivity contribution in [1.82, 2.24) is 0 Å². The minimum absolute atomic E-state index is 0.163. The van der Waals surface area contributed by atoms with Crippen LogP contribution in [0.5, 0.6) is 0 Å². The molecule has 0 saturated heterocycles. The number of carbonyl (C=O) groups excluding carboxylic acids is 2. The van der Waals surface area contributed by atoms with E-state index in [1.807, 2.05) is 0 Å². The summed E-state index contributed by atoms with van der Waals surface area (Å²) in [6, 6.07) is 10.2. The number of carbonyl (C=O) groups is 2. The lowest BCUT2D eigenvalue weighted by Crippen LogP contribution is -2.24. The van der Waals surface area contributed by atoms with E-state index in [-0.39, 0.29) is 11.6 Å². The standard InChI is InChI=1S/C15H13N3O2/c1-17-10-6-2-4-8-12(10)15(20)13-9(14(8)19)5-3-7-11(13)18-16/h2-7,17-18H,16H2,1H3. The van der Waals surface area contributed by atoms with Crippen LogP contribution in [0.4, 0.5) is 11.4 Å². The van der Waals surface area contributed by atoms with Crippen molar-refractivity contribution in [2.75, 3.05) is 17.8 Å². The molecule has 0 atom stereocenters. The molecule has 0 unspecified atom stereocenters. The van der Waals surface area contributed by atoms with E-state index in [1.165, 1.54) is 0 Å². The van der Waals surface area contributed by atoms with Crippen LogP contribution in [-0.2, 0) is 0 Å². The third kappa shape index (κ3) is 1.53. The van der Waals surface area contributed by atoms with Gasteiger partial charge in [-0.15, -0.1) is 0 Å². The van der Waals surface area contributed by atoms with Crippen LogP contribution < -0.4 is 16.6 Å². The first kappa shape index (κ1) is 12.4. The zero-order chi connectivity index (χ0) is 14.3. The van der Waals surface area contributed by atoms with Gasteiger partial charge in [-0.25, -0.2) is 0 Å². The summed E-state index contributed by atoms with van der Waals surface area (Å²) in [7, 11) is 1.72. The van der Waals surface area contributed by atoms with Gasteiger partial charge in [0.25, 0.3) is 0 Å². The Labute approximate surface area is 115 Å². The number of nitrogen functional groups attached to an aromatic ring is 1. The lowest BCUT2D eigenvalue weighted by atomic mass is 9.82. The molecule has 0 radical (unpaired) electrons. The molecule has 0 bridgehead atoms. The van der Waals surface area contributed by atoms with E-state index in [4.69, 9.17) is 5.84 Å². The Morgan fingerprint density at radius 1 is 0.850 bits per heavy atom. The Morgan fingerprint density at radius 3 is 1.95 bits per heavy atom. The molecule has 0 heterocycles. The summed E-state index contributed by atoms with van der Waals surface area (Å²) in [6.45, 7) is 0. The first-order valence-corrected chi connectivity index (χ1v) is 6.18. The molecule has 0 amide bonds. The van der Waals surface area contributed by atoms with E-state index in [0.29, 0.717) is 33.6 Å². The quantitative estimate of drug-likeness (QED) is 0.487. The first-order chi connectivity index (χ1) is 9.69. The summed E-state index contributed by atoms with van der Waals surface area (Å²) in [5.74, 6) is 5.08. The Morgan fingerprint density at radius 2 is 1.40 bits per heavy atom.